The topological polar surface area (TPSA) is 60.2 Å². The van der Waals surface area contributed by atoms with Gasteiger partial charge in [-0.05, 0) is 30.7 Å². The molecule has 16 heavy (non-hydrogen) atoms. The number of hydrogen-bond acceptors (Lipinski definition) is 4. The zero-order valence-corrected chi connectivity index (χ0v) is 9.97. The summed E-state index contributed by atoms with van der Waals surface area (Å²) >= 11 is 0. The van der Waals surface area contributed by atoms with Gasteiger partial charge in [-0.2, -0.15) is 0 Å². The Morgan fingerprint density at radius 3 is 2.69 bits per heavy atom. The monoisotopic (exact) mass is 239 g/mol. The molecule has 0 unspecified atom stereocenters. The van der Waals surface area contributed by atoms with Crippen LogP contribution in [0.3, 0.4) is 0 Å². The lowest BCUT2D eigenvalue weighted by Gasteiger charge is -2.07. The van der Waals surface area contributed by atoms with Gasteiger partial charge in [0.2, 0.25) is 0 Å². The number of ether oxygens (including phenoxy) is 1. The molecule has 0 spiro atoms. The Labute approximate surface area is 100 Å². The maximum atomic E-state index is 5.34. The molecule has 0 aliphatic rings. The minimum absolute atomic E-state index is 0. The van der Waals surface area contributed by atoms with E-state index in [1.807, 2.05) is 31.2 Å². The molecule has 86 valence electrons. The molecule has 0 amide bonds. The molecule has 0 fully saturated rings. The molecular weight excluding hydrogens is 226 g/mol. The van der Waals surface area contributed by atoms with Gasteiger partial charge in [0.1, 0.15) is 11.6 Å². The summed E-state index contributed by atoms with van der Waals surface area (Å²) in [6, 6.07) is 7.72. The summed E-state index contributed by atoms with van der Waals surface area (Å²) < 4.78 is 5.14. The molecule has 1 heterocycles. The van der Waals surface area contributed by atoms with Gasteiger partial charge in [0, 0.05) is 11.5 Å². The van der Waals surface area contributed by atoms with Crippen molar-refractivity contribution in [2.45, 2.75) is 6.92 Å². The van der Waals surface area contributed by atoms with Crippen LogP contribution in [0.2, 0.25) is 0 Å². The molecule has 0 saturated heterocycles. The summed E-state index contributed by atoms with van der Waals surface area (Å²) in [7, 11) is 1.64. The summed E-state index contributed by atoms with van der Waals surface area (Å²) in [4.78, 5) is 4.35. The normalized spacial score (nSPS) is 9.69. The molecule has 0 aliphatic heterocycles. The highest BCUT2D eigenvalue weighted by molar-refractivity contribution is 5.85. The number of aryl methyl sites for hydroxylation is 1. The number of pyridine rings is 1. The first kappa shape index (κ1) is 12.5. The van der Waals surface area contributed by atoms with Crippen molar-refractivity contribution in [3.63, 3.8) is 0 Å². The Morgan fingerprint density at radius 1 is 1.31 bits per heavy atom. The molecular formula is C11H14ClN3O. The fraction of sp³-hybridized carbons (Fsp3) is 0.182. The van der Waals surface area contributed by atoms with Crippen LogP contribution in [0.15, 0.2) is 24.3 Å². The number of anilines is 1. The Bertz CT molecular complexity index is 497. The number of hydrazine groups is 1. The second kappa shape index (κ2) is 5.01. The lowest BCUT2D eigenvalue weighted by atomic mass is 10.1. The third-order valence-electron chi connectivity index (χ3n) is 2.37. The molecule has 1 aromatic heterocycles. The molecule has 2 aromatic rings. The Hall–Kier alpha value is -1.52. The van der Waals surface area contributed by atoms with Crippen LogP contribution < -0.4 is 16.0 Å². The van der Waals surface area contributed by atoms with Crippen LogP contribution in [0.4, 0.5) is 5.82 Å². The number of benzene rings is 1. The molecule has 0 bridgehead atoms. The van der Waals surface area contributed by atoms with Crippen molar-refractivity contribution < 1.29 is 4.74 Å². The van der Waals surface area contributed by atoms with Crippen molar-refractivity contribution in [2.24, 2.45) is 5.84 Å². The van der Waals surface area contributed by atoms with Gasteiger partial charge < -0.3 is 10.2 Å². The number of nitrogens with one attached hydrogen (secondary N) is 1. The van der Waals surface area contributed by atoms with Crippen molar-refractivity contribution in [1.82, 2.24) is 4.98 Å². The molecule has 0 radical (unpaired) electrons. The first-order valence-corrected chi connectivity index (χ1v) is 4.66. The van der Waals surface area contributed by atoms with E-state index < -0.39 is 0 Å². The Morgan fingerprint density at radius 2 is 2.06 bits per heavy atom. The van der Waals surface area contributed by atoms with Crippen LogP contribution in [0.1, 0.15) is 5.56 Å². The lowest BCUT2D eigenvalue weighted by Crippen LogP contribution is -2.08. The van der Waals surface area contributed by atoms with Crippen LogP contribution in [-0.4, -0.2) is 12.1 Å². The number of nitrogens with two attached hydrogens (primary N) is 1. The Balaban J connectivity index is 0.00000128. The van der Waals surface area contributed by atoms with E-state index in [-0.39, 0.29) is 12.4 Å². The molecule has 3 N–H and O–H groups in total. The minimum Gasteiger partial charge on any atom is -0.497 e. The van der Waals surface area contributed by atoms with Crippen molar-refractivity contribution in [3.05, 3.63) is 29.8 Å². The quantitative estimate of drug-likeness (QED) is 0.624. The van der Waals surface area contributed by atoms with Gasteiger partial charge in [-0.1, -0.05) is 0 Å². The van der Waals surface area contributed by atoms with E-state index in [0.717, 1.165) is 22.2 Å². The molecule has 2 rings (SSSR count). The standard InChI is InChI=1S/C11H13N3O.ClH/c1-7-5-11(14-12)13-10-6-8(15-2)3-4-9(7)10;/h3-6H,12H2,1-2H3,(H,13,14);1H. The smallest absolute Gasteiger partial charge is 0.140 e. The summed E-state index contributed by atoms with van der Waals surface area (Å²) in [5.41, 5.74) is 4.56. The predicted octanol–water partition coefficient (Wildman–Crippen LogP) is 2.26. The number of fused-ring (bicyclic) bond motifs is 1. The summed E-state index contributed by atoms with van der Waals surface area (Å²) in [6.45, 7) is 2.03. The minimum atomic E-state index is 0. The first-order valence-electron chi connectivity index (χ1n) is 4.66. The van der Waals surface area contributed by atoms with E-state index >= 15 is 0 Å². The van der Waals surface area contributed by atoms with Crippen molar-refractivity contribution in [1.29, 1.82) is 0 Å². The van der Waals surface area contributed by atoms with E-state index in [1.54, 1.807) is 7.11 Å². The van der Waals surface area contributed by atoms with Crippen LogP contribution in [0.5, 0.6) is 5.75 Å². The van der Waals surface area contributed by atoms with Gasteiger partial charge in [0.05, 0.1) is 12.6 Å². The number of aromatic nitrogens is 1. The average molecular weight is 240 g/mol. The van der Waals surface area contributed by atoms with Gasteiger partial charge in [-0.3, -0.25) is 0 Å². The van der Waals surface area contributed by atoms with E-state index in [4.69, 9.17) is 10.6 Å². The zero-order valence-electron chi connectivity index (χ0n) is 9.15. The maximum Gasteiger partial charge on any atom is 0.140 e. The number of rotatable bonds is 2. The highest BCUT2D eigenvalue weighted by Gasteiger charge is 2.03. The number of methoxy groups -OCH3 is 1. The number of nitrogens with zero attached hydrogens (tertiary/aromatic N) is 1. The van der Waals surface area contributed by atoms with Crippen LogP contribution in [0.25, 0.3) is 10.9 Å². The van der Waals surface area contributed by atoms with Crippen LogP contribution in [-0.2, 0) is 0 Å². The molecule has 0 atom stereocenters. The van der Waals surface area contributed by atoms with Crippen LogP contribution >= 0.6 is 12.4 Å². The highest BCUT2D eigenvalue weighted by atomic mass is 35.5. The van der Waals surface area contributed by atoms with Crippen LogP contribution in [0, 0.1) is 6.92 Å². The SMILES string of the molecule is COc1ccc2c(C)cc(NN)nc2c1.Cl. The highest BCUT2D eigenvalue weighted by Crippen LogP contribution is 2.23. The second-order valence-electron chi connectivity index (χ2n) is 3.35. The molecule has 4 nitrogen and oxygen atoms in total. The van der Waals surface area contributed by atoms with Crippen molar-refractivity contribution in [2.75, 3.05) is 12.5 Å². The third-order valence-corrected chi connectivity index (χ3v) is 2.37. The third kappa shape index (κ3) is 2.18. The molecule has 0 saturated carbocycles. The Kier molecular flexibility index (Phi) is 3.93. The van der Waals surface area contributed by atoms with E-state index in [2.05, 4.69) is 10.4 Å². The number of hydrogen-bond donors (Lipinski definition) is 2. The van der Waals surface area contributed by atoms with Gasteiger partial charge in [-0.15, -0.1) is 12.4 Å². The number of nitrogen functional groups attached to an aromatic ring is 1. The second-order valence-corrected chi connectivity index (χ2v) is 3.35. The van der Waals surface area contributed by atoms with Crippen molar-refractivity contribution in [3.8, 4) is 5.75 Å². The maximum absolute atomic E-state index is 5.34. The predicted molar refractivity (Wildman–Crippen MR) is 68.1 cm³/mol. The average Bonchev–Trinajstić information content (AvgIpc) is 2.28. The van der Waals surface area contributed by atoms with E-state index in [9.17, 15) is 0 Å². The van der Waals surface area contributed by atoms with Gasteiger partial charge in [0.15, 0.2) is 0 Å². The number of halogens is 1. The van der Waals surface area contributed by atoms with E-state index in [1.165, 1.54) is 0 Å². The van der Waals surface area contributed by atoms with Crippen molar-refractivity contribution >= 4 is 29.1 Å². The summed E-state index contributed by atoms with van der Waals surface area (Å²) in [5, 5.41) is 1.11. The fourth-order valence-corrected chi connectivity index (χ4v) is 1.58. The summed E-state index contributed by atoms with van der Waals surface area (Å²) in [5.74, 6) is 6.79. The molecule has 5 heteroatoms. The zero-order chi connectivity index (χ0) is 10.8. The van der Waals surface area contributed by atoms with E-state index in [0.29, 0.717) is 5.82 Å². The first-order chi connectivity index (χ1) is 7.24. The lowest BCUT2D eigenvalue weighted by molar-refractivity contribution is 0.415. The largest absolute Gasteiger partial charge is 0.497 e. The molecule has 1 aromatic carbocycles. The summed E-state index contributed by atoms with van der Waals surface area (Å²) in [6.07, 6.45) is 0. The molecule has 0 aliphatic carbocycles. The van der Waals surface area contributed by atoms with Gasteiger partial charge in [-0.25, -0.2) is 10.8 Å². The van der Waals surface area contributed by atoms with Gasteiger partial charge in [0.25, 0.3) is 0 Å². The fourth-order valence-electron chi connectivity index (χ4n) is 1.58. The van der Waals surface area contributed by atoms with Gasteiger partial charge >= 0.3 is 0 Å².